The van der Waals surface area contributed by atoms with Gasteiger partial charge in [-0.2, -0.15) is 4.80 Å². The van der Waals surface area contributed by atoms with Crippen molar-refractivity contribution in [1.82, 2.24) is 40.5 Å². The standard InChI is InChI=1S/C33H43BrN8O7S/c1-32(2,3)49-31(46)35-25-13-8-6-4-5-7-11-21-18-33(21,30(45)39-50(47,48)24-14-15-24)36-28(43)26-17-23(19-41(26)29(25)44)42-38-27(37-40-42)20-10-9-12-22(34)16-20/h7,9-12,16,21,23-26H,4-6,8,13-15,17-19H2,1-3H3,(H,35,46)(H,36,43)(H,39,45)/b11-7-/t21-,23-,25-,26+,33+/m1/s1. The molecule has 3 heterocycles. The largest absolute Gasteiger partial charge is 0.444 e. The Morgan fingerprint density at radius 3 is 2.62 bits per heavy atom. The summed E-state index contributed by atoms with van der Waals surface area (Å²) in [6.07, 6.45) is 7.52. The Labute approximate surface area is 299 Å². The van der Waals surface area contributed by atoms with Gasteiger partial charge in [0.15, 0.2) is 0 Å². The van der Waals surface area contributed by atoms with Crippen LogP contribution in [0.1, 0.15) is 84.6 Å². The molecular formula is C33H43BrN8O7S. The second kappa shape index (κ2) is 14.0. The van der Waals surface area contributed by atoms with Crippen molar-refractivity contribution in [2.75, 3.05) is 6.54 Å². The van der Waals surface area contributed by atoms with E-state index in [0.717, 1.165) is 22.9 Å². The van der Waals surface area contributed by atoms with Gasteiger partial charge in [0.25, 0.3) is 5.91 Å². The van der Waals surface area contributed by atoms with E-state index in [1.807, 2.05) is 36.4 Å². The van der Waals surface area contributed by atoms with Gasteiger partial charge in [0.2, 0.25) is 27.7 Å². The smallest absolute Gasteiger partial charge is 0.408 e. The van der Waals surface area contributed by atoms with E-state index in [0.29, 0.717) is 37.9 Å². The van der Waals surface area contributed by atoms with Gasteiger partial charge >= 0.3 is 6.09 Å². The molecule has 2 aromatic rings. The molecule has 5 atom stereocenters. The van der Waals surface area contributed by atoms with Crippen molar-refractivity contribution in [2.24, 2.45) is 5.92 Å². The number of amides is 4. The zero-order valence-corrected chi connectivity index (χ0v) is 30.7. The van der Waals surface area contributed by atoms with Crippen LogP contribution in [0.4, 0.5) is 4.79 Å². The van der Waals surface area contributed by atoms with Gasteiger partial charge in [-0.1, -0.05) is 53.1 Å². The zero-order valence-electron chi connectivity index (χ0n) is 28.3. The van der Waals surface area contributed by atoms with Crippen molar-refractivity contribution in [3.8, 4) is 11.4 Å². The van der Waals surface area contributed by atoms with E-state index in [9.17, 15) is 27.6 Å². The maximum absolute atomic E-state index is 14.4. The summed E-state index contributed by atoms with van der Waals surface area (Å²) in [6.45, 7) is 5.20. The number of aromatic nitrogens is 4. The molecule has 0 spiro atoms. The molecule has 2 saturated carbocycles. The number of benzene rings is 1. The highest BCUT2D eigenvalue weighted by Crippen LogP contribution is 2.46. The van der Waals surface area contributed by atoms with Crippen LogP contribution >= 0.6 is 15.9 Å². The summed E-state index contributed by atoms with van der Waals surface area (Å²) in [5.41, 5.74) is -1.57. The number of sulfonamides is 1. The van der Waals surface area contributed by atoms with Gasteiger partial charge in [0.1, 0.15) is 23.2 Å². The molecule has 0 radical (unpaired) electrons. The third-order valence-electron chi connectivity index (χ3n) is 9.39. The van der Waals surface area contributed by atoms with E-state index in [1.165, 1.54) is 9.70 Å². The number of ether oxygens (including phenoxy) is 1. The maximum atomic E-state index is 14.4. The minimum atomic E-state index is -3.88. The molecule has 6 rings (SSSR count). The van der Waals surface area contributed by atoms with Crippen molar-refractivity contribution >= 4 is 49.8 Å². The molecule has 1 saturated heterocycles. The van der Waals surface area contributed by atoms with Crippen LogP contribution in [-0.2, 0) is 29.1 Å². The number of rotatable bonds is 6. The van der Waals surface area contributed by atoms with Gasteiger partial charge in [-0.05, 0) is 76.6 Å². The number of nitrogens with one attached hydrogen (secondary N) is 3. The second-order valence-electron chi connectivity index (χ2n) is 14.6. The van der Waals surface area contributed by atoms with Crippen LogP contribution in [0.25, 0.3) is 11.4 Å². The summed E-state index contributed by atoms with van der Waals surface area (Å²) >= 11 is 3.45. The molecule has 1 aromatic heterocycles. The number of hydrogen-bond acceptors (Lipinski definition) is 10. The first-order valence-electron chi connectivity index (χ1n) is 17.1. The van der Waals surface area contributed by atoms with E-state index in [4.69, 9.17) is 4.74 Å². The highest BCUT2D eigenvalue weighted by molar-refractivity contribution is 9.10. The summed E-state index contributed by atoms with van der Waals surface area (Å²) in [5.74, 6) is -1.95. The van der Waals surface area contributed by atoms with E-state index in [1.54, 1.807) is 20.8 Å². The molecular weight excluding hydrogens is 732 g/mol. The van der Waals surface area contributed by atoms with Crippen molar-refractivity contribution < 1.29 is 32.3 Å². The predicted octanol–water partition coefficient (Wildman–Crippen LogP) is 3.14. The molecule has 0 unspecified atom stereocenters. The Balaban J connectivity index is 1.31. The average molecular weight is 776 g/mol. The van der Waals surface area contributed by atoms with Crippen LogP contribution in [-0.4, -0.2) is 92.4 Å². The third kappa shape index (κ3) is 8.19. The topological polar surface area (TPSA) is 195 Å². The number of fused-ring (bicyclic) bond motifs is 2. The number of alkyl carbamates (subject to hydrolysis) is 1. The summed E-state index contributed by atoms with van der Waals surface area (Å²) in [4.78, 5) is 57.9. The molecule has 3 fully saturated rings. The van der Waals surface area contributed by atoms with Gasteiger partial charge in [-0.3, -0.25) is 19.1 Å². The van der Waals surface area contributed by atoms with E-state index < -0.39 is 74.3 Å². The summed E-state index contributed by atoms with van der Waals surface area (Å²) in [7, 11) is -3.88. The minimum absolute atomic E-state index is 0.0241. The van der Waals surface area contributed by atoms with Crippen molar-refractivity contribution in [3.63, 3.8) is 0 Å². The SMILES string of the molecule is CC(C)(C)OC(=O)N[C@@H]1CCCCC/C=C\[C@@H]2C[C@]2(C(=O)NS(=O)(=O)C2CC2)NC(=O)[C@@H]2C[C@@H](n3nnc(-c4cccc(Br)c4)n3)CN2C1=O. The highest BCUT2D eigenvalue weighted by Gasteiger charge is 2.62. The summed E-state index contributed by atoms with van der Waals surface area (Å²) in [6, 6.07) is 4.75. The number of tetrazole rings is 1. The minimum Gasteiger partial charge on any atom is -0.444 e. The Bertz CT molecular complexity index is 1790. The average Bonchev–Trinajstić information content (AvgIpc) is 3.90. The summed E-state index contributed by atoms with van der Waals surface area (Å²) in [5, 5.41) is 18.0. The molecule has 4 amide bonds. The Hall–Kier alpha value is -3.86. The number of carbonyl (C=O) groups is 4. The number of nitrogens with zero attached hydrogens (tertiary/aromatic N) is 5. The number of allylic oxidation sites excluding steroid dienone is 1. The lowest BCUT2D eigenvalue weighted by molar-refractivity contribution is -0.141. The third-order valence-corrected chi connectivity index (χ3v) is 11.7. The van der Waals surface area contributed by atoms with Crippen molar-refractivity contribution in [2.45, 2.75) is 113 Å². The predicted molar refractivity (Wildman–Crippen MR) is 185 cm³/mol. The van der Waals surface area contributed by atoms with Crippen LogP contribution in [0.2, 0.25) is 0 Å². The number of hydrogen-bond donors (Lipinski definition) is 3. The first kappa shape index (κ1) is 35.9. The van der Waals surface area contributed by atoms with Crippen LogP contribution in [0.3, 0.4) is 0 Å². The zero-order chi connectivity index (χ0) is 35.8. The van der Waals surface area contributed by atoms with Gasteiger partial charge in [-0.15, -0.1) is 10.2 Å². The molecule has 0 bridgehead atoms. The maximum Gasteiger partial charge on any atom is 0.408 e. The Morgan fingerprint density at radius 1 is 1.12 bits per heavy atom. The molecule has 2 aliphatic carbocycles. The van der Waals surface area contributed by atoms with Crippen LogP contribution in [0, 0.1) is 5.92 Å². The van der Waals surface area contributed by atoms with Gasteiger partial charge in [-0.25, -0.2) is 13.2 Å². The van der Waals surface area contributed by atoms with Gasteiger partial charge in [0, 0.05) is 28.9 Å². The van der Waals surface area contributed by atoms with Gasteiger partial charge in [0.05, 0.1) is 11.3 Å². The molecule has 3 N–H and O–H groups in total. The Morgan fingerprint density at radius 2 is 1.90 bits per heavy atom. The number of carbonyl (C=O) groups excluding carboxylic acids is 4. The molecule has 15 nitrogen and oxygen atoms in total. The fourth-order valence-corrected chi connectivity index (χ4v) is 8.28. The van der Waals surface area contributed by atoms with Crippen LogP contribution in [0.15, 0.2) is 40.9 Å². The van der Waals surface area contributed by atoms with Crippen molar-refractivity contribution in [3.05, 3.63) is 40.9 Å². The first-order valence-corrected chi connectivity index (χ1v) is 19.4. The van der Waals surface area contributed by atoms with Crippen LogP contribution in [0.5, 0.6) is 0 Å². The fourth-order valence-electron chi connectivity index (χ4n) is 6.52. The molecule has 4 aliphatic rings. The monoisotopic (exact) mass is 774 g/mol. The van der Waals surface area contributed by atoms with E-state index in [2.05, 4.69) is 46.7 Å². The lowest BCUT2D eigenvalue weighted by atomic mass is 10.0. The van der Waals surface area contributed by atoms with E-state index in [-0.39, 0.29) is 19.4 Å². The molecule has 50 heavy (non-hydrogen) atoms. The van der Waals surface area contributed by atoms with E-state index >= 15 is 0 Å². The van der Waals surface area contributed by atoms with Crippen molar-refractivity contribution in [1.29, 1.82) is 0 Å². The summed E-state index contributed by atoms with van der Waals surface area (Å²) < 4.78 is 34.0. The lowest BCUT2D eigenvalue weighted by Crippen LogP contribution is -2.58. The normalized spacial score (nSPS) is 28.3. The number of halogens is 1. The molecule has 1 aromatic carbocycles. The molecule has 2 aliphatic heterocycles. The quantitative estimate of drug-likeness (QED) is 0.367. The first-order chi connectivity index (χ1) is 23.6. The second-order valence-corrected chi connectivity index (χ2v) is 17.4. The molecule has 17 heteroatoms. The lowest BCUT2D eigenvalue weighted by Gasteiger charge is -2.30. The Kier molecular flexibility index (Phi) is 10.1. The fraction of sp³-hybridized carbons (Fsp3) is 0.606. The van der Waals surface area contributed by atoms with Gasteiger partial charge < -0.3 is 20.3 Å². The highest BCUT2D eigenvalue weighted by atomic mass is 79.9. The van der Waals surface area contributed by atoms with Crippen LogP contribution < -0.4 is 15.4 Å². The molecule has 270 valence electrons.